The summed E-state index contributed by atoms with van der Waals surface area (Å²) in [7, 11) is 0. The fraction of sp³-hybridized carbons (Fsp3) is 0.846. The quantitative estimate of drug-likeness (QED) is 0.698. The Morgan fingerprint density at radius 2 is 1.95 bits per heavy atom. The molecule has 0 aromatic carbocycles. The van der Waals surface area contributed by atoms with Gasteiger partial charge in [-0.2, -0.15) is 0 Å². The van der Waals surface area contributed by atoms with Crippen molar-refractivity contribution in [2.45, 2.75) is 43.4 Å². The van der Waals surface area contributed by atoms with E-state index >= 15 is 0 Å². The maximum atomic E-state index is 11.8. The van der Waals surface area contributed by atoms with E-state index in [1.54, 1.807) is 11.8 Å². The van der Waals surface area contributed by atoms with Crippen molar-refractivity contribution in [1.82, 2.24) is 10.6 Å². The lowest BCUT2D eigenvalue weighted by Crippen LogP contribution is -2.36. The number of rotatable bonds is 5. The first-order valence-electron chi connectivity index (χ1n) is 6.99. The van der Waals surface area contributed by atoms with Crippen molar-refractivity contribution in [2.75, 3.05) is 18.8 Å². The number of nitrogens with one attached hydrogen (secondary N) is 2. The molecule has 2 rings (SSSR count). The topological polar surface area (TPSA) is 78.4 Å². The molecule has 2 fully saturated rings. The molecule has 2 atom stereocenters. The zero-order valence-corrected chi connectivity index (χ0v) is 11.9. The molecule has 1 aliphatic heterocycles. The van der Waals surface area contributed by atoms with Gasteiger partial charge in [0.15, 0.2) is 0 Å². The number of amides is 1. The number of piperidine rings is 1. The molecule has 2 aliphatic rings. The van der Waals surface area contributed by atoms with E-state index in [0.717, 1.165) is 32.4 Å². The Labute approximate surface area is 117 Å². The average molecular weight is 286 g/mol. The summed E-state index contributed by atoms with van der Waals surface area (Å²) in [6.45, 7) is 2.09. The highest BCUT2D eigenvalue weighted by atomic mass is 32.2. The minimum absolute atomic E-state index is 0.0552. The minimum atomic E-state index is -0.735. The maximum absolute atomic E-state index is 11.8. The molecule has 1 heterocycles. The van der Waals surface area contributed by atoms with E-state index in [0.29, 0.717) is 23.8 Å². The van der Waals surface area contributed by atoms with Gasteiger partial charge in [-0.25, -0.2) is 0 Å². The van der Waals surface area contributed by atoms with E-state index in [1.165, 1.54) is 0 Å². The fourth-order valence-corrected chi connectivity index (χ4v) is 3.80. The van der Waals surface area contributed by atoms with E-state index in [-0.39, 0.29) is 17.9 Å². The van der Waals surface area contributed by atoms with E-state index in [9.17, 15) is 9.59 Å². The third kappa shape index (κ3) is 4.69. The lowest BCUT2D eigenvalue weighted by molar-refractivity contribution is -0.141. The Morgan fingerprint density at radius 3 is 2.58 bits per heavy atom. The van der Waals surface area contributed by atoms with Gasteiger partial charge in [0, 0.05) is 11.3 Å². The van der Waals surface area contributed by atoms with Crippen LogP contribution in [-0.4, -0.2) is 47.1 Å². The number of thioether (sulfide) groups is 1. The van der Waals surface area contributed by atoms with Gasteiger partial charge < -0.3 is 15.7 Å². The number of carbonyl (C=O) groups is 2. The van der Waals surface area contributed by atoms with Crippen LogP contribution < -0.4 is 10.6 Å². The lowest BCUT2D eigenvalue weighted by atomic mass is 10.1. The summed E-state index contributed by atoms with van der Waals surface area (Å²) in [5, 5.41) is 15.8. The summed E-state index contributed by atoms with van der Waals surface area (Å²) in [4.78, 5) is 22.7. The Kier molecular flexibility index (Phi) is 5.51. The van der Waals surface area contributed by atoms with Gasteiger partial charge in [0.2, 0.25) is 5.91 Å². The molecule has 6 heteroatoms. The number of hydrogen-bond donors (Lipinski definition) is 3. The Bertz CT molecular complexity index is 332. The van der Waals surface area contributed by atoms with Gasteiger partial charge in [-0.15, -0.1) is 11.8 Å². The van der Waals surface area contributed by atoms with Crippen molar-refractivity contribution < 1.29 is 14.7 Å². The van der Waals surface area contributed by atoms with Crippen LogP contribution in [0.5, 0.6) is 0 Å². The van der Waals surface area contributed by atoms with E-state index < -0.39 is 5.97 Å². The summed E-state index contributed by atoms with van der Waals surface area (Å²) < 4.78 is 0. The Balaban J connectivity index is 1.63. The summed E-state index contributed by atoms with van der Waals surface area (Å²) in [6.07, 6.45) is 4.31. The molecule has 0 spiro atoms. The van der Waals surface area contributed by atoms with Crippen LogP contribution in [0, 0.1) is 5.92 Å². The van der Waals surface area contributed by atoms with Crippen LogP contribution in [0.15, 0.2) is 0 Å². The van der Waals surface area contributed by atoms with E-state index in [4.69, 9.17) is 5.11 Å². The molecule has 5 nitrogen and oxygen atoms in total. The number of hydrogen-bond acceptors (Lipinski definition) is 4. The van der Waals surface area contributed by atoms with Crippen LogP contribution in [0.3, 0.4) is 0 Å². The van der Waals surface area contributed by atoms with Crippen LogP contribution in [0.4, 0.5) is 0 Å². The molecule has 0 bridgehead atoms. The molecular formula is C13H22N2O3S. The smallest absolute Gasteiger partial charge is 0.306 e. The van der Waals surface area contributed by atoms with Crippen LogP contribution >= 0.6 is 11.8 Å². The van der Waals surface area contributed by atoms with Gasteiger partial charge in [-0.3, -0.25) is 9.59 Å². The van der Waals surface area contributed by atoms with E-state index in [1.807, 2.05) is 0 Å². The third-order valence-corrected chi connectivity index (χ3v) is 5.25. The SMILES string of the molecule is O=C(CSC1CCNCC1)N[C@H]1CC[C@@H](C(=O)O)C1. The van der Waals surface area contributed by atoms with Crippen LogP contribution in [-0.2, 0) is 9.59 Å². The minimum Gasteiger partial charge on any atom is -0.481 e. The zero-order chi connectivity index (χ0) is 13.7. The standard InChI is InChI=1S/C13H22N2O3S/c16-12(8-19-11-3-5-14-6-4-11)15-10-2-1-9(7-10)13(17)18/h9-11,14H,1-8H2,(H,15,16)(H,17,18)/t9-,10+/m1/s1. The van der Waals surface area contributed by atoms with Crippen molar-refractivity contribution in [2.24, 2.45) is 5.92 Å². The molecule has 1 saturated carbocycles. The van der Waals surface area contributed by atoms with Crippen molar-refractivity contribution in [3.05, 3.63) is 0 Å². The molecule has 108 valence electrons. The second kappa shape index (κ2) is 7.14. The molecule has 1 aliphatic carbocycles. The van der Waals surface area contributed by atoms with Crippen LogP contribution in [0.2, 0.25) is 0 Å². The summed E-state index contributed by atoms with van der Waals surface area (Å²) in [5.74, 6) is -0.457. The monoisotopic (exact) mass is 286 g/mol. The highest BCUT2D eigenvalue weighted by Crippen LogP contribution is 2.26. The lowest BCUT2D eigenvalue weighted by Gasteiger charge is -2.22. The van der Waals surface area contributed by atoms with Crippen LogP contribution in [0.25, 0.3) is 0 Å². The van der Waals surface area contributed by atoms with Gasteiger partial charge in [-0.05, 0) is 45.2 Å². The summed E-state index contributed by atoms with van der Waals surface area (Å²) in [5.41, 5.74) is 0. The second-order valence-electron chi connectivity index (χ2n) is 5.37. The van der Waals surface area contributed by atoms with Gasteiger partial charge in [0.25, 0.3) is 0 Å². The van der Waals surface area contributed by atoms with Crippen molar-refractivity contribution in [1.29, 1.82) is 0 Å². The predicted octanol–water partition coefficient (Wildman–Crippen LogP) is 0.841. The normalized spacial score (nSPS) is 28.2. The highest BCUT2D eigenvalue weighted by molar-refractivity contribution is 8.00. The predicted molar refractivity (Wildman–Crippen MR) is 75.3 cm³/mol. The van der Waals surface area contributed by atoms with Crippen molar-refractivity contribution in [3.8, 4) is 0 Å². The molecule has 19 heavy (non-hydrogen) atoms. The van der Waals surface area contributed by atoms with Gasteiger partial charge in [0.05, 0.1) is 11.7 Å². The molecule has 1 amide bonds. The number of carbonyl (C=O) groups excluding carboxylic acids is 1. The molecule has 1 saturated heterocycles. The highest BCUT2D eigenvalue weighted by Gasteiger charge is 2.30. The van der Waals surface area contributed by atoms with E-state index in [2.05, 4.69) is 10.6 Å². The number of carboxylic acids is 1. The van der Waals surface area contributed by atoms with Gasteiger partial charge in [0.1, 0.15) is 0 Å². The second-order valence-corrected chi connectivity index (χ2v) is 6.66. The average Bonchev–Trinajstić information content (AvgIpc) is 2.86. The third-order valence-electron chi connectivity index (χ3n) is 3.88. The molecular weight excluding hydrogens is 264 g/mol. The summed E-state index contributed by atoms with van der Waals surface area (Å²) >= 11 is 1.73. The van der Waals surface area contributed by atoms with Crippen molar-refractivity contribution >= 4 is 23.6 Å². The van der Waals surface area contributed by atoms with Crippen molar-refractivity contribution in [3.63, 3.8) is 0 Å². The van der Waals surface area contributed by atoms with Gasteiger partial charge >= 0.3 is 5.97 Å². The van der Waals surface area contributed by atoms with Crippen LogP contribution in [0.1, 0.15) is 32.1 Å². The molecule has 0 unspecified atom stereocenters. The molecule has 0 aromatic heterocycles. The Morgan fingerprint density at radius 1 is 1.21 bits per heavy atom. The largest absolute Gasteiger partial charge is 0.481 e. The molecule has 3 N–H and O–H groups in total. The first-order chi connectivity index (χ1) is 9.15. The molecule has 0 radical (unpaired) electrons. The number of aliphatic carboxylic acids is 1. The number of carboxylic acid groups (broad SMARTS) is 1. The van der Waals surface area contributed by atoms with Gasteiger partial charge in [-0.1, -0.05) is 0 Å². The first kappa shape index (κ1) is 14.7. The Hall–Kier alpha value is -0.750. The summed E-state index contributed by atoms with van der Waals surface area (Å²) in [6, 6.07) is 0.0576. The first-order valence-corrected chi connectivity index (χ1v) is 8.04. The molecule has 0 aromatic rings. The zero-order valence-electron chi connectivity index (χ0n) is 11.1. The fourth-order valence-electron chi connectivity index (χ4n) is 2.76. The maximum Gasteiger partial charge on any atom is 0.306 e.